The number of halogens is 12. The molecule has 0 heterocycles. The van der Waals surface area contributed by atoms with Crippen LogP contribution in [0.1, 0.15) is 22.3 Å². The van der Waals surface area contributed by atoms with Crippen LogP contribution in [0.25, 0.3) is 0 Å². The van der Waals surface area contributed by atoms with Gasteiger partial charge in [-0.2, -0.15) is 52.7 Å². The Morgan fingerprint density at radius 3 is 0.889 bits per heavy atom. The number of benzene rings is 2. The first-order chi connectivity index (χ1) is 16.2. The lowest BCUT2D eigenvalue weighted by atomic mass is 10.1. The van der Waals surface area contributed by atoms with Gasteiger partial charge in [0.1, 0.15) is 0 Å². The van der Waals surface area contributed by atoms with Crippen LogP contribution in [-0.2, 0) is 34.3 Å². The van der Waals surface area contributed by atoms with Gasteiger partial charge in [-0.05, 0) is 36.4 Å². The molecular weight excluding hydrogens is 528 g/mol. The van der Waals surface area contributed by atoms with Crippen molar-refractivity contribution in [3.05, 3.63) is 70.8 Å². The molecule has 0 radical (unpaired) electrons. The van der Waals surface area contributed by atoms with E-state index in [1.54, 1.807) is 10.6 Å². The second-order valence-electron chi connectivity index (χ2n) is 6.90. The van der Waals surface area contributed by atoms with E-state index in [-0.39, 0.29) is 48.6 Å². The Kier molecular flexibility index (Phi) is 7.71. The molecule has 0 unspecified atom stereocenters. The highest BCUT2D eigenvalue weighted by Crippen LogP contribution is 2.38. The zero-order valence-electron chi connectivity index (χ0n) is 17.0. The molecule has 0 aromatic heterocycles. The van der Waals surface area contributed by atoms with E-state index in [0.717, 1.165) is 0 Å². The van der Waals surface area contributed by atoms with E-state index in [1.165, 1.54) is 0 Å². The van der Waals surface area contributed by atoms with Crippen LogP contribution in [0, 0.1) is 0 Å². The third-order valence-electron chi connectivity index (χ3n) is 4.10. The molecule has 196 valence electrons. The van der Waals surface area contributed by atoms with Crippen molar-refractivity contribution in [1.29, 1.82) is 0 Å². The van der Waals surface area contributed by atoms with Gasteiger partial charge in [-0.25, -0.2) is 0 Å². The Hall–Kier alpha value is -3.72. The molecule has 2 amide bonds. The summed E-state index contributed by atoms with van der Waals surface area (Å²) in [5.74, 6) is -2.87. The highest BCUT2D eigenvalue weighted by molar-refractivity contribution is 6.07. The Morgan fingerprint density at radius 2 is 0.694 bits per heavy atom. The topological polar surface area (TPSA) is 58.2 Å². The van der Waals surface area contributed by atoms with Gasteiger partial charge >= 0.3 is 24.7 Å². The summed E-state index contributed by atoms with van der Waals surface area (Å²) in [6.07, 6.45) is -20.3. The Balaban J connectivity index is 2.23. The molecule has 2 aromatic carbocycles. The van der Waals surface area contributed by atoms with Crippen molar-refractivity contribution in [2.24, 2.45) is 0 Å². The van der Waals surface area contributed by atoms with Crippen LogP contribution in [0.2, 0.25) is 0 Å². The number of hydrogen-bond acceptors (Lipinski definition) is 2. The van der Waals surface area contributed by atoms with E-state index < -0.39 is 70.1 Å². The average Bonchev–Trinajstić information content (AvgIpc) is 2.69. The number of alkyl halides is 12. The molecule has 2 N–H and O–H groups in total. The highest BCUT2D eigenvalue weighted by Gasteiger charge is 2.38. The molecule has 0 saturated carbocycles. The van der Waals surface area contributed by atoms with Crippen molar-refractivity contribution >= 4 is 23.2 Å². The predicted molar refractivity (Wildman–Crippen MR) is 99.3 cm³/mol. The Morgan fingerprint density at radius 1 is 0.472 bits per heavy atom. The van der Waals surface area contributed by atoms with Crippen molar-refractivity contribution in [3.8, 4) is 0 Å². The van der Waals surface area contributed by atoms with Crippen molar-refractivity contribution in [3.63, 3.8) is 0 Å². The maximum atomic E-state index is 12.9. The van der Waals surface area contributed by atoms with E-state index in [0.29, 0.717) is 0 Å². The normalized spacial score (nSPS) is 13.1. The van der Waals surface area contributed by atoms with Crippen molar-refractivity contribution in [2.75, 3.05) is 10.6 Å². The molecule has 0 atom stereocenters. The summed E-state index contributed by atoms with van der Waals surface area (Å²) in [6.45, 7) is 0. The van der Waals surface area contributed by atoms with E-state index >= 15 is 0 Å². The van der Waals surface area contributed by atoms with E-state index in [2.05, 4.69) is 0 Å². The van der Waals surface area contributed by atoms with Crippen LogP contribution in [0.15, 0.2) is 48.6 Å². The molecule has 0 saturated heterocycles. The maximum Gasteiger partial charge on any atom is 0.416 e. The second-order valence-corrected chi connectivity index (χ2v) is 6.90. The van der Waals surface area contributed by atoms with Gasteiger partial charge in [-0.1, -0.05) is 0 Å². The first-order valence-electron chi connectivity index (χ1n) is 9.05. The van der Waals surface area contributed by atoms with Gasteiger partial charge in [0.2, 0.25) is 11.8 Å². The fourth-order valence-corrected chi connectivity index (χ4v) is 2.57. The summed E-state index contributed by atoms with van der Waals surface area (Å²) in [5, 5.41) is 3.28. The molecule has 0 aliphatic carbocycles. The van der Waals surface area contributed by atoms with Crippen LogP contribution >= 0.6 is 0 Å². The maximum absolute atomic E-state index is 12.9. The van der Waals surface area contributed by atoms with Crippen LogP contribution < -0.4 is 10.6 Å². The minimum absolute atomic E-state index is 0.169. The molecule has 36 heavy (non-hydrogen) atoms. The molecule has 0 aliphatic heterocycles. The lowest BCUT2D eigenvalue weighted by molar-refractivity contribution is -0.144. The predicted octanol–water partition coefficient (Wildman–Crippen LogP) is 6.90. The fraction of sp³-hybridized carbons (Fsp3) is 0.200. The summed E-state index contributed by atoms with van der Waals surface area (Å²) in [4.78, 5) is 23.6. The lowest BCUT2D eigenvalue weighted by Crippen LogP contribution is -2.16. The largest absolute Gasteiger partial charge is 0.416 e. The number of hydrogen-bond donors (Lipinski definition) is 2. The minimum atomic E-state index is -5.21. The zero-order chi connectivity index (χ0) is 27.7. The number of anilines is 2. The smallest absolute Gasteiger partial charge is 0.322 e. The molecule has 4 nitrogen and oxygen atoms in total. The van der Waals surface area contributed by atoms with Gasteiger partial charge in [-0.3, -0.25) is 9.59 Å². The monoisotopic (exact) mass is 538 g/mol. The van der Waals surface area contributed by atoms with Gasteiger partial charge in [0, 0.05) is 23.5 Å². The van der Waals surface area contributed by atoms with Gasteiger partial charge in [0.15, 0.2) is 0 Å². The van der Waals surface area contributed by atoms with Crippen LogP contribution in [-0.4, -0.2) is 11.8 Å². The van der Waals surface area contributed by atoms with Crippen molar-refractivity contribution in [1.82, 2.24) is 0 Å². The zero-order valence-corrected chi connectivity index (χ0v) is 17.0. The molecular formula is C20H10F12N2O2. The second kappa shape index (κ2) is 9.73. The first-order valence-corrected chi connectivity index (χ1v) is 9.05. The molecule has 16 heteroatoms. The van der Waals surface area contributed by atoms with Crippen LogP contribution in [0.4, 0.5) is 64.1 Å². The molecule has 2 rings (SSSR count). The van der Waals surface area contributed by atoms with Gasteiger partial charge in [0.05, 0.1) is 22.3 Å². The van der Waals surface area contributed by atoms with E-state index in [1.807, 2.05) is 0 Å². The van der Waals surface area contributed by atoms with E-state index in [4.69, 9.17) is 0 Å². The number of rotatable bonds is 4. The van der Waals surface area contributed by atoms with Crippen LogP contribution in [0.3, 0.4) is 0 Å². The number of amides is 2. The highest BCUT2D eigenvalue weighted by atomic mass is 19.4. The molecule has 0 fully saturated rings. The van der Waals surface area contributed by atoms with Gasteiger partial charge in [0.25, 0.3) is 0 Å². The van der Waals surface area contributed by atoms with Gasteiger partial charge in [-0.15, -0.1) is 0 Å². The number of nitrogens with one attached hydrogen (secondary N) is 2. The molecule has 0 spiro atoms. The third-order valence-corrected chi connectivity index (χ3v) is 4.10. The van der Waals surface area contributed by atoms with Gasteiger partial charge < -0.3 is 10.6 Å². The number of carbonyl (C=O) groups is 2. The lowest BCUT2D eigenvalue weighted by Gasteiger charge is -2.14. The third kappa shape index (κ3) is 7.91. The number of carbonyl (C=O) groups excluding carboxylic acids is 2. The molecule has 0 bridgehead atoms. The summed E-state index contributed by atoms with van der Waals surface area (Å²) in [7, 11) is 0. The SMILES string of the molecule is O=C(C=CC(=O)Nc1cc(C(F)(F)F)cc(C(F)(F)F)c1)Nc1cc(C(F)(F)F)cc(C(F)(F)F)c1. The van der Waals surface area contributed by atoms with Crippen LogP contribution in [0.5, 0.6) is 0 Å². The standard InChI is InChI=1S/C20H10F12N2O2/c21-17(22,23)9-3-10(18(24,25)26)6-13(5-9)33-15(35)1-2-16(36)34-14-7-11(19(27,28)29)4-12(8-14)20(30,31)32/h1-8H,(H,33,35)(H,34,36). The summed E-state index contributed by atoms with van der Waals surface area (Å²) in [6, 6.07) is 0.266. The Labute approximate surface area is 192 Å². The first kappa shape index (κ1) is 28.5. The summed E-state index contributed by atoms with van der Waals surface area (Å²) < 4.78 is 154. The quantitative estimate of drug-likeness (QED) is 0.329. The minimum Gasteiger partial charge on any atom is -0.322 e. The summed E-state index contributed by atoms with van der Waals surface area (Å²) in [5.41, 5.74) is -8.92. The van der Waals surface area contributed by atoms with Crippen molar-refractivity contribution < 1.29 is 62.3 Å². The molecule has 2 aromatic rings. The summed E-state index contributed by atoms with van der Waals surface area (Å²) >= 11 is 0. The Bertz CT molecular complexity index is 1020. The van der Waals surface area contributed by atoms with E-state index in [9.17, 15) is 62.3 Å². The fourth-order valence-electron chi connectivity index (χ4n) is 2.57. The average molecular weight is 538 g/mol. The van der Waals surface area contributed by atoms with Crippen molar-refractivity contribution in [2.45, 2.75) is 24.7 Å². The molecule has 0 aliphatic rings.